The summed E-state index contributed by atoms with van der Waals surface area (Å²) in [6.07, 6.45) is 3.40. The number of piperidine rings is 1. The van der Waals surface area contributed by atoms with Gasteiger partial charge in [0.05, 0.1) is 0 Å². The Morgan fingerprint density at radius 3 is 2.39 bits per heavy atom. The molecule has 146 valence electrons. The predicted molar refractivity (Wildman–Crippen MR) is 106 cm³/mol. The van der Waals surface area contributed by atoms with Gasteiger partial charge in [0.15, 0.2) is 5.78 Å². The van der Waals surface area contributed by atoms with Crippen LogP contribution in [0.25, 0.3) is 0 Å². The normalized spacial score (nSPS) is 14.5. The Hall–Kier alpha value is -3.02. The van der Waals surface area contributed by atoms with Crippen molar-refractivity contribution in [3.05, 3.63) is 65.5 Å². The summed E-state index contributed by atoms with van der Waals surface area (Å²) >= 11 is 0. The molecule has 1 saturated heterocycles. The number of hydrogen-bond donors (Lipinski definition) is 1. The van der Waals surface area contributed by atoms with Crippen molar-refractivity contribution in [2.45, 2.75) is 38.6 Å². The van der Waals surface area contributed by atoms with Gasteiger partial charge in [0.25, 0.3) is 5.91 Å². The van der Waals surface area contributed by atoms with Crippen molar-refractivity contribution in [2.24, 2.45) is 0 Å². The molecule has 2 amide bonds. The van der Waals surface area contributed by atoms with Gasteiger partial charge in [0.1, 0.15) is 5.69 Å². The van der Waals surface area contributed by atoms with Gasteiger partial charge in [-0.3, -0.25) is 19.4 Å². The number of nitrogens with one attached hydrogen (secondary N) is 1. The number of carbonyl (C=O) groups is 3. The monoisotopic (exact) mass is 379 g/mol. The van der Waals surface area contributed by atoms with Crippen molar-refractivity contribution in [1.29, 1.82) is 0 Å². The van der Waals surface area contributed by atoms with Crippen molar-refractivity contribution >= 4 is 17.6 Å². The van der Waals surface area contributed by atoms with Crippen LogP contribution < -0.4 is 5.32 Å². The largest absolute Gasteiger partial charge is 0.353 e. The average molecular weight is 379 g/mol. The average Bonchev–Trinajstić information content (AvgIpc) is 2.73. The summed E-state index contributed by atoms with van der Waals surface area (Å²) in [7, 11) is 0. The molecule has 0 unspecified atom stereocenters. The molecule has 1 fully saturated rings. The molecule has 2 heterocycles. The summed E-state index contributed by atoms with van der Waals surface area (Å²) in [6.45, 7) is 3.14. The Bertz CT molecular complexity index is 826. The van der Waals surface area contributed by atoms with Crippen LogP contribution in [0.4, 0.5) is 0 Å². The predicted octanol–water partition coefficient (Wildman–Crippen LogP) is 2.77. The fourth-order valence-electron chi connectivity index (χ4n) is 3.29. The van der Waals surface area contributed by atoms with Gasteiger partial charge < -0.3 is 10.2 Å². The minimum Gasteiger partial charge on any atom is -0.353 e. The number of rotatable bonds is 6. The Morgan fingerprint density at radius 1 is 1.04 bits per heavy atom. The molecule has 1 N–H and O–H groups in total. The van der Waals surface area contributed by atoms with E-state index < -0.39 is 0 Å². The first-order valence-electron chi connectivity index (χ1n) is 9.62. The van der Waals surface area contributed by atoms with Crippen LogP contribution in [0.5, 0.6) is 0 Å². The summed E-state index contributed by atoms with van der Waals surface area (Å²) < 4.78 is 0. The lowest BCUT2D eigenvalue weighted by atomic mass is 10.0. The lowest BCUT2D eigenvalue weighted by molar-refractivity contribution is -0.122. The smallest absolute Gasteiger partial charge is 0.272 e. The molecule has 28 heavy (non-hydrogen) atoms. The van der Waals surface area contributed by atoms with Gasteiger partial charge in [-0.15, -0.1) is 0 Å². The number of Topliss-reactive ketones (excluding diaryl/α,β-unsaturated/α-hetero) is 1. The van der Waals surface area contributed by atoms with Crippen molar-refractivity contribution in [2.75, 3.05) is 13.1 Å². The molecule has 6 heteroatoms. The number of nitrogens with zero attached hydrogens (tertiary/aromatic N) is 2. The number of carbonyl (C=O) groups excluding carboxylic acids is 3. The zero-order valence-electron chi connectivity index (χ0n) is 16.1. The molecule has 1 aliphatic heterocycles. The highest BCUT2D eigenvalue weighted by molar-refractivity contribution is 5.98. The molecule has 0 atom stereocenters. The second-order valence-corrected chi connectivity index (χ2v) is 7.14. The third-order valence-electron chi connectivity index (χ3n) is 4.98. The lowest BCUT2D eigenvalue weighted by Crippen LogP contribution is -2.46. The van der Waals surface area contributed by atoms with Crippen LogP contribution in [0.3, 0.4) is 0 Å². The van der Waals surface area contributed by atoms with E-state index in [9.17, 15) is 14.4 Å². The molecule has 0 spiro atoms. The highest BCUT2D eigenvalue weighted by Crippen LogP contribution is 2.14. The first kappa shape index (κ1) is 19.7. The Kier molecular flexibility index (Phi) is 6.53. The van der Waals surface area contributed by atoms with E-state index in [0.29, 0.717) is 37.2 Å². The van der Waals surface area contributed by atoms with Crippen molar-refractivity contribution in [3.63, 3.8) is 0 Å². The quantitative estimate of drug-likeness (QED) is 0.783. The zero-order chi connectivity index (χ0) is 19.9. The molecule has 3 rings (SSSR count). The Morgan fingerprint density at radius 2 is 1.75 bits per heavy atom. The molecule has 1 aromatic heterocycles. The van der Waals surface area contributed by atoms with Crippen molar-refractivity contribution in [1.82, 2.24) is 15.2 Å². The number of benzene rings is 1. The number of likely N-dealkylation sites (tertiary alicyclic amines) is 1. The van der Waals surface area contributed by atoms with Crippen LogP contribution in [0.1, 0.15) is 52.1 Å². The van der Waals surface area contributed by atoms with E-state index in [1.807, 2.05) is 19.1 Å². The van der Waals surface area contributed by atoms with Gasteiger partial charge in [-0.2, -0.15) is 0 Å². The fraction of sp³-hybridized carbons (Fsp3) is 0.364. The van der Waals surface area contributed by atoms with Crippen LogP contribution >= 0.6 is 0 Å². The molecule has 6 nitrogen and oxygen atoms in total. The minimum absolute atomic E-state index is 0.0223. The molecule has 1 aliphatic rings. The third kappa shape index (κ3) is 5.25. The van der Waals surface area contributed by atoms with E-state index in [1.54, 1.807) is 41.4 Å². The van der Waals surface area contributed by atoms with E-state index in [4.69, 9.17) is 0 Å². The molecule has 0 radical (unpaired) electrons. The Balaban J connectivity index is 1.40. The maximum Gasteiger partial charge on any atom is 0.272 e. The number of hydrogen-bond acceptors (Lipinski definition) is 4. The highest BCUT2D eigenvalue weighted by Gasteiger charge is 2.25. The van der Waals surface area contributed by atoms with E-state index >= 15 is 0 Å². The summed E-state index contributed by atoms with van der Waals surface area (Å²) in [5, 5.41) is 2.99. The standard InChI is InChI=1S/C22H25N3O3/c1-16-5-7-17(8-6-16)20(26)9-10-21(27)24-18-11-14-25(15-12-18)22(28)19-4-2-3-13-23-19/h2-8,13,18H,9-12,14-15H2,1H3,(H,24,27). The van der Waals surface area contributed by atoms with Gasteiger partial charge in [-0.1, -0.05) is 35.9 Å². The van der Waals surface area contributed by atoms with Crippen LogP contribution in [0.15, 0.2) is 48.7 Å². The first-order valence-corrected chi connectivity index (χ1v) is 9.62. The topological polar surface area (TPSA) is 79.4 Å². The zero-order valence-corrected chi connectivity index (χ0v) is 16.1. The molecular formula is C22H25N3O3. The molecular weight excluding hydrogens is 354 g/mol. The van der Waals surface area contributed by atoms with E-state index in [-0.39, 0.29) is 36.5 Å². The molecule has 0 bridgehead atoms. The van der Waals surface area contributed by atoms with Crippen LogP contribution in [0.2, 0.25) is 0 Å². The molecule has 1 aromatic carbocycles. The van der Waals surface area contributed by atoms with Crippen LogP contribution in [-0.4, -0.2) is 46.6 Å². The second-order valence-electron chi connectivity index (χ2n) is 7.14. The summed E-state index contributed by atoms with van der Waals surface area (Å²) in [4.78, 5) is 42.6. The van der Waals surface area contributed by atoms with Crippen LogP contribution in [-0.2, 0) is 4.79 Å². The van der Waals surface area contributed by atoms with E-state index in [0.717, 1.165) is 5.56 Å². The van der Waals surface area contributed by atoms with Gasteiger partial charge in [0.2, 0.25) is 5.91 Å². The Labute approximate surface area is 165 Å². The SMILES string of the molecule is Cc1ccc(C(=O)CCC(=O)NC2CCN(C(=O)c3ccccn3)CC2)cc1. The van der Waals surface area contributed by atoms with Gasteiger partial charge in [-0.25, -0.2) is 0 Å². The maximum absolute atomic E-state index is 12.4. The number of aromatic nitrogens is 1. The lowest BCUT2D eigenvalue weighted by Gasteiger charge is -2.32. The van der Waals surface area contributed by atoms with E-state index in [2.05, 4.69) is 10.3 Å². The minimum atomic E-state index is -0.116. The number of aryl methyl sites for hydroxylation is 1. The van der Waals surface area contributed by atoms with Gasteiger partial charge >= 0.3 is 0 Å². The van der Waals surface area contributed by atoms with Crippen LogP contribution in [0, 0.1) is 6.92 Å². The summed E-state index contributed by atoms with van der Waals surface area (Å²) in [5.41, 5.74) is 2.18. The molecule has 0 aliphatic carbocycles. The fourth-order valence-corrected chi connectivity index (χ4v) is 3.29. The van der Waals surface area contributed by atoms with Gasteiger partial charge in [0, 0.05) is 43.7 Å². The van der Waals surface area contributed by atoms with Crippen molar-refractivity contribution in [3.8, 4) is 0 Å². The highest BCUT2D eigenvalue weighted by atomic mass is 16.2. The number of pyridine rings is 1. The second kappa shape index (κ2) is 9.26. The first-order chi connectivity index (χ1) is 13.5. The molecule has 2 aromatic rings. The third-order valence-corrected chi connectivity index (χ3v) is 4.98. The summed E-state index contributed by atoms with van der Waals surface area (Å²) in [6, 6.07) is 12.7. The van der Waals surface area contributed by atoms with Crippen molar-refractivity contribution < 1.29 is 14.4 Å². The van der Waals surface area contributed by atoms with E-state index in [1.165, 1.54) is 0 Å². The van der Waals surface area contributed by atoms with Gasteiger partial charge in [-0.05, 0) is 31.9 Å². The number of ketones is 1. The maximum atomic E-state index is 12.4. The summed E-state index contributed by atoms with van der Waals surface area (Å²) in [5.74, 6) is -0.213. The number of amides is 2. The molecule has 0 saturated carbocycles.